The summed E-state index contributed by atoms with van der Waals surface area (Å²) in [5.74, 6) is 0.689. The van der Waals surface area contributed by atoms with Gasteiger partial charge in [-0.05, 0) is 29.8 Å². The van der Waals surface area contributed by atoms with Crippen LogP contribution in [0.1, 0.15) is 5.56 Å². The van der Waals surface area contributed by atoms with Gasteiger partial charge in [-0.3, -0.25) is 0 Å². The Morgan fingerprint density at radius 2 is 2.00 bits per heavy atom. The molecule has 2 aromatic carbocycles. The van der Waals surface area contributed by atoms with Gasteiger partial charge in [0, 0.05) is 11.0 Å². The molecule has 94 valence electrons. The third-order valence-electron chi connectivity index (χ3n) is 2.66. The van der Waals surface area contributed by atoms with Crippen molar-refractivity contribution in [2.24, 2.45) is 0 Å². The molecule has 0 amide bonds. The van der Waals surface area contributed by atoms with Gasteiger partial charge in [0.25, 0.3) is 0 Å². The maximum Gasteiger partial charge on any atom is 0.143 e. The van der Waals surface area contributed by atoms with E-state index in [1.165, 1.54) is 5.56 Å². The monoisotopic (exact) mass is 306 g/mol. The average Bonchev–Trinajstić information content (AvgIpc) is 2.38. The highest BCUT2D eigenvalue weighted by atomic mass is 79.9. The molecule has 2 aromatic rings. The predicted octanol–water partition coefficient (Wildman–Crippen LogP) is 3.65. The summed E-state index contributed by atoms with van der Waals surface area (Å²) in [5.41, 5.74) is 8.70. The van der Waals surface area contributed by atoms with Crippen LogP contribution in [0.15, 0.2) is 46.9 Å². The molecule has 0 unspecified atom stereocenters. The number of ether oxygens (including phenoxy) is 1. The first-order valence-electron chi connectivity index (χ1n) is 5.61. The van der Waals surface area contributed by atoms with Crippen molar-refractivity contribution in [1.82, 2.24) is 0 Å². The maximum absolute atomic E-state index is 5.99. The van der Waals surface area contributed by atoms with Gasteiger partial charge in [0.1, 0.15) is 5.75 Å². The Hall–Kier alpha value is -1.68. The molecule has 0 aliphatic carbocycles. The van der Waals surface area contributed by atoms with E-state index >= 15 is 0 Å². The van der Waals surface area contributed by atoms with Crippen LogP contribution in [0.5, 0.6) is 5.75 Å². The lowest BCUT2D eigenvalue weighted by molar-refractivity contribution is 0.417. The van der Waals surface area contributed by atoms with Gasteiger partial charge in [-0.1, -0.05) is 34.1 Å². The summed E-state index contributed by atoms with van der Waals surface area (Å²) in [7, 11) is 1.61. The van der Waals surface area contributed by atoms with Gasteiger partial charge in [0.2, 0.25) is 0 Å². The molecule has 4 heteroatoms. The molecular weight excluding hydrogens is 292 g/mol. The second-order valence-electron chi connectivity index (χ2n) is 3.90. The second kappa shape index (κ2) is 5.78. The Morgan fingerprint density at radius 3 is 2.72 bits per heavy atom. The number of methoxy groups -OCH3 is 1. The van der Waals surface area contributed by atoms with Crippen molar-refractivity contribution in [2.75, 3.05) is 18.2 Å². The molecule has 0 heterocycles. The summed E-state index contributed by atoms with van der Waals surface area (Å²) in [6.45, 7) is 0.719. The van der Waals surface area contributed by atoms with Crippen LogP contribution in [0.2, 0.25) is 0 Å². The van der Waals surface area contributed by atoms with E-state index in [2.05, 4.69) is 33.4 Å². The fourth-order valence-corrected chi connectivity index (χ4v) is 2.17. The number of nitrogen functional groups attached to an aromatic ring is 1. The van der Waals surface area contributed by atoms with E-state index in [4.69, 9.17) is 10.5 Å². The van der Waals surface area contributed by atoms with Crippen molar-refractivity contribution in [2.45, 2.75) is 6.54 Å². The molecule has 0 radical (unpaired) electrons. The van der Waals surface area contributed by atoms with Crippen LogP contribution in [0.25, 0.3) is 0 Å². The van der Waals surface area contributed by atoms with Crippen LogP contribution < -0.4 is 15.8 Å². The zero-order valence-corrected chi connectivity index (χ0v) is 11.7. The van der Waals surface area contributed by atoms with Gasteiger partial charge in [-0.15, -0.1) is 0 Å². The van der Waals surface area contributed by atoms with Crippen molar-refractivity contribution in [3.05, 3.63) is 52.5 Å². The molecule has 0 saturated carbocycles. The highest BCUT2D eigenvalue weighted by molar-refractivity contribution is 9.10. The topological polar surface area (TPSA) is 47.3 Å². The minimum absolute atomic E-state index is 0.634. The highest BCUT2D eigenvalue weighted by Crippen LogP contribution is 2.29. The summed E-state index contributed by atoms with van der Waals surface area (Å²) in [6, 6.07) is 13.9. The molecule has 0 aliphatic heterocycles. The first-order chi connectivity index (χ1) is 8.70. The third-order valence-corrected chi connectivity index (χ3v) is 3.15. The Labute approximate surface area is 115 Å². The van der Waals surface area contributed by atoms with Crippen LogP contribution in [0, 0.1) is 0 Å². The number of benzene rings is 2. The normalized spacial score (nSPS) is 10.1. The molecule has 3 N–H and O–H groups in total. The third kappa shape index (κ3) is 2.96. The van der Waals surface area contributed by atoms with Crippen molar-refractivity contribution in [1.29, 1.82) is 0 Å². The number of rotatable bonds is 4. The SMILES string of the molecule is COc1cccc(NCc2cccc(Br)c2)c1N. The maximum atomic E-state index is 5.99. The molecule has 0 saturated heterocycles. The zero-order valence-electron chi connectivity index (χ0n) is 10.1. The molecule has 0 spiro atoms. The van der Waals surface area contributed by atoms with E-state index in [1.807, 2.05) is 30.3 Å². The quantitative estimate of drug-likeness (QED) is 0.848. The first kappa shape index (κ1) is 12.8. The number of anilines is 2. The molecule has 0 aliphatic rings. The fourth-order valence-electron chi connectivity index (χ4n) is 1.72. The fraction of sp³-hybridized carbons (Fsp3) is 0.143. The van der Waals surface area contributed by atoms with Gasteiger partial charge in [-0.25, -0.2) is 0 Å². The van der Waals surface area contributed by atoms with Gasteiger partial charge in [0.05, 0.1) is 18.5 Å². The summed E-state index contributed by atoms with van der Waals surface area (Å²) in [5, 5.41) is 3.31. The van der Waals surface area contributed by atoms with Crippen molar-refractivity contribution in [3.63, 3.8) is 0 Å². The minimum atomic E-state index is 0.634. The summed E-state index contributed by atoms with van der Waals surface area (Å²) >= 11 is 3.45. The number of hydrogen-bond donors (Lipinski definition) is 2. The van der Waals surface area contributed by atoms with E-state index in [1.54, 1.807) is 7.11 Å². The number of nitrogens with two attached hydrogens (primary N) is 1. The minimum Gasteiger partial charge on any atom is -0.495 e. The number of hydrogen-bond acceptors (Lipinski definition) is 3. The highest BCUT2D eigenvalue weighted by Gasteiger charge is 2.04. The predicted molar refractivity (Wildman–Crippen MR) is 78.9 cm³/mol. The summed E-state index contributed by atoms with van der Waals surface area (Å²) < 4.78 is 6.25. The number of halogens is 1. The van der Waals surface area contributed by atoms with Crippen molar-refractivity contribution < 1.29 is 4.74 Å². The van der Waals surface area contributed by atoms with Crippen LogP contribution in [-0.4, -0.2) is 7.11 Å². The standard InChI is InChI=1S/C14H15BrN2O/c1-18-13-7-3-6-12(14(13)16)17-9-10-4-2-5-11(15)8-10/h2-8,17H,9,16H2,1H3. The van der Waals surface area contributed by atoms with Crippen LogP contribution in [0.4, 0.5) is 11.4 Å². The Morgan fingerprint density at radius 1 is 1.22 bits per heavy atom. The zero-order chi connectivity index (χ0) is 13.0. The molecular formula is C14H15BrN2O. The summed E-state index contributed by atoms with van der Waals surface area (Å²) in [6.07, 6.45) is 0. The molecule has 3 nitrogen and oxygen atoms in total. The van der Waals surface area contributed by atoms with E-state index in [9.17, 15) is 0 Å². The molecule has 0 bridgehead atoms. The molecule has 0 aromatic heterocycles. The molecule has 2 rings (SSSR count). The van der Waals surface area contributed by atoms with Crippen molar-refractivity contribution in [3.8, 4) is 5.75 Å². The molecule has 0 fully saturated rings. The lowest BCUT2D eigenvalue weighted by Gasteiger charge is -2.12. The van der Waals surface area contributed by atoms with E-state index in [0.29, 0.717) is 11.4 Å². The first-order valence-corrected chi connectivity index (χ1v) is 6.41. The van der Waals surface area contributed by atoms with Crippen LogP contribution >= 0.6 is 15.9 Å². The largest absolute Gasteiger partial charge is 0.495 e. The van der Waals surface area contributed by atoms with Gasteiger partial charge < -0.3 is 15.8 Å². The number of para-hydroxylation sites is 1. The molecule has 0 atom stereocenters. The second-order valence-corrected chi connectivity index (χ2v) is 4.82. The van der Waals surface area contributed by atoms with Gasteiger partial charge >= 0.3 is 0 Å². The Balaban J connectivity index is 2.11. The van der Waals surface area contributed by atoms with Crippen molar-refractivity contribution >= 4 is 27.3 Å². The van der Waals surface area contributed by atoms with E-state index in [-0.39, 0.29) is 0 Å². The van der Waals surface area contributed by atoms with Crippen LogP contribution in [-0.2, 0) is 6.54 Å². The van der Waals surface area contributed by atoms with E-state index in [0.717, 1.165) is 16.7 Å². The smallest absolute Gasteiger partial charge is 0.143 e. The Kier molecular flexibility index (Phi) is 4.10. The van der Waals surface area contributed by atoms with E-state index < -0.39 is 0 Å². The Bertz CT molecular complexity index is 543. The summed E-state index contributed by atoms with van der Waals surface area (Å²) in [4.78, 5) is 0. The number of nitrogens with one attached hydrogen (secondary N) is 1. The van der Waals surface area contributed by atoms with Gasteiger partial charge in [0.15, 0.2) is 0 Å². The van der Waals surface area contributed by atoms with Crippen LogP contribution in [0.3, 0.4) is 0 Å². The van der Waals surface area contributed by atoms with Gasteiger partial charge in [-0.2, -0.15) is 0 Å². The lowest BCUT2D eigenvalue weighted by atomic mass is 10.2. The molecule has 18 heavy (non-hydrogen) atoms. The average molecular weight is 307 g/mol. The lowest BCUT2D eigenvalue weighted by Crippen LogP contribution is -2.03.